The predicted molar refractivity (Wildman–Crippen MR) is 96.5 cm³/mol. The van der Waals surface area contributed by atoms with Gasteiger partial charge in [-0.05, 0) is 31.2 Å². The van der Waals surface area contributed by atoms with E-state index in [9.17, 15) is 0 Å². The largest absolute Gasteiger partial charge is 0.314 e. The van der Waals surface area contributed by atoms with Crippen molar-refractivity contribution in [1.82, 2.24) is 15.1 Å². The molecule has 122 valence electrons. The Hall–Kier alpha value is 0.0300. The van der Waals surface area contributed by atoms with E-state index in [4.69, 9.17) is 23.2 Å². The Labute approximate surface area is 147 Å². The summed E-state index contributed by atoms with van der Waals surface area (Å²) in [5.74, 6) is 1.06. The topological polar surface area (TPSA) is 18.5 Å². The van der Waals surface area contributed by atoms with Gasteiger partial charge < -0.3 is 10.2 Å². The second-order valence-corrected chi connectivity index (χ2v) is 7.93. The van der Waals surface area contributed by atoms with Crippen LogP contribution in [0.4, 0.5) is 0 Å². The Kier molecular flexibility index (Phi) is 6.31. The maximum absolute atomic E-state index is 6.21. The van der Waals surface area contributed by atoms with E-state index >= 15 is 0 Å². The van der Waals surface area contributed by atoms with Gasteiger partial charge in [0.25, 0.3) is 0 Å². The van der Waals surface area contributed by atoms with E-state index in [2.05, 4.69) is 15.1 Å². The molecular weight excluding hydrogens is 337 g/mol. The second-order valence-electron chi connectivity index (χ2n) is 5.95. The van der Waals surface area contributed by atoms with Crippen molar-refractivity contribution >= 4 is 35.0 Å². The summed E-state index contributed by atoms with van der Waals surface area (Å²) in [4.78, 5) is 6.32. The number of halogens is 2. The average Bonchev–Trinajstić information content (AvgIpc) is 3.00. The zero-order valence-electron chi connectivity index (χ0n) is 12.7. The minimum absolute atomic E-state index is 0.752. The summed E-state index contributed by atoms with van der Waals surface area (Å²) in [7, 11) is 0. The fourth-order valence-corrected chi connectivity index (χ4v) is 4.74. The fourth-order valence-electron chi connectivity index (χ4n) is 3.23. The summed E-state index contributed by atoms with van der Waals surface area (Å²) in [6.45, 7) is 8.23. The van der Waals surface area contributed by atoms with Crippen LogP contribution in [0.3, 0.4) is 0 Å². The first-order chi connectivity index (χ1) is 10.7. The summed E-state index contributed by atoms with van der Waals surface area (Å²) in [6.07, 6.45) is 1.31. The molecule has 2 fully saturated rings. The van der Waals surface area contributed by atoms with Gasteiger partial charge in [0.05, 0.1) is 5.02 Å². The van der Waals surface area contributed by atoms with E-state index in [1.54, 1.807) is 11.8 Å². The molecule has 1 atom stereocenters. The van der Waals surface area contributed by atoms with Gasteiger partial charge in [-0.15, -0.1) is 11.8 Å². The Morgan fingerprint density at radius 2 is 2.00 bits per heavy atom. The van der Waals surface area contributed by atoms with Crippen molar-refractivity contribution in [2.24, 2.45) is 0 Å². The number of hydrogen-bond acceptors (Lipinski definition) is 4. The molecule has 1 N–H and O–H groups in total. The summed E-state index contributed by atoms with van der Waals surface area (Å²) in [5.41, 5.74) is 0. The number of hydrogen-bond donors (Lipinski definition) is 1. The van der Waals surface area contributed by atoms with Crippen molar-refractivity contribution in [2.75, 3.05) is 51.6 Å². The van der Waals surface area contributed by atoms with Gasteiger partial charge in [-0.2, -0.15) is 0 Å². The van der Waals surface area contributed by atoms with Gasteiger partial charge in [0, 0.05) is 61.0 Å². The first-order valence-electron chi connectivity index (χ1n) is 7.97. The molecule has 1 aromatic carbocycles. The van der Waals surface area contributed by atoms with Gasteiger partial charge in [0.1, 0.15) is 0 Å². The Morgan fingerprint density at radius 3 is 2.82 bits per heavy atom. The molecule has 0 saturated carbocycles. The van der Waals surface area contributed by atoms with Crippen molar-refractivity contribution in [2.45, 2.75) is 17.4 Å². The molecule has 0 aromatic heterocycles. The lowest BCUT2D eigenvalue weighted by Crippen LogP contribution is -2.49. The van der Waals surface area contributed by atoms with Gasteiger partial charge in [-0.25, -0.2) is 0 Å². The van der Waals surface area contributed by atoms with Crippen molar-refractivity contribution in [1.29, 1.82) is 0 Å². The minimum Gasteiger partial charge on any atom is -0.314 e. The van der Waals surface area contributed by atoms with Crippen LogP contribution in [0, 0.1) is 0 Å². The number of piperazine rings is 1. The van der Waals surface area contributed by atoms with Crippen LogP contribution in [-0.4, -0.2) is 67.4 Å². The first-order valence-corrected chi connectivity index (χ1v) is 9.71. The number of nitrogens with one attached hydrogen (secondary N) is 1. The molecule has 3 nitrogen and oxygen atoms in total. The predicted octanol–water partition coefficient (Wildman–Crippen LogP) is 3.07. The molecule has 22 heavy (non-hydrogen) atoms. The van der Waals surface area contributed by atoms with Crippen LogP contribution in [0.2, 0.25) is 10.0 Å². The molecule has 0 spiro atoms. The van der Waals surface area contributed by atoms with E-state index in [1.165, 1.54) is 32.6 Å². The van der Waals surface area contributed by atoms with Crippen LogP contribution >= 0.6 is 35.0 Å². The molecule has 0 radical (unpaired) electrons. The third kappa shape index (κ3) is 4.53. The van der Waals surface area contributed by atoms with Gasteiger partial charge in [0.2, 0.25) is 0 Å². The van der Waals surface area contributed by atoms with Crippen molar-refractivity contribution in [3.8, 4) is 0 Å². The van der Waals surface area contributed by atoms with Crippen molar-refractivity contribution in [3.63, 3.8) is 0 Å². The smallest absolute Gasteiger partial charge is 0.0542 e. The van der Waals surface area contributed by atoms with E-state index in [-0.39, 0.29) is 0 Å². The standard InChI is InChI=1S/C16H23Cl2N3S/c17-13-1-2-15(18)16(11-13)22-10-9-20-6-3-14(12-20)21-7-4-19-5-8-21/h1-2,11,14,19H,3-10,12H2. The summed E-state index contributed by atoms with van der Waals surface area (Å²) in [6, 6.07) is 6.43. The molecule has 3 rings (SSSR count). The highest BCUT2D eigenvalue weighted by Gasteiger charge is 2.27. The van der Waals surface area contributed by atoms with Crippen LogP contribution in [0.25, 0.3) is 0 Å². The normalized spacial score (nSPS) is 24.0. The minimum atomic E-state index is 0.752. The summed E-state index contributed by atoms with van der Waals surface area (Å²) < 4.78 is 0. The Balaban J connectivity index is 1.42. The number of thioether (sulfide) groups is 1. The van der Waals surface area contributed by atoms with Crippen LogP contribution < -0.4 is 5.32 Å². The number of likely N-dealkylation sites (tertiary alicyclic amines) is 1. The Bertz CT molecular complexity index is 494. The quantitative estimate of drug-likeness (QED) is 0.814. The van der Waals surface area contributed by atoms with Crippen LogP contribution in [0.15, 0.2) is 23.1 Å². The average molecular weight is 360 g/mol. The van der Waals surface area contributed by atoms with Crippen LogP contribution in [0.5, 0.6) is 0 Å². The van der Waals surface area contributed by atoms with Crippen molar-refractivity contribution < 1.29 is 0 Å². The number of rotatable bonds is 5. The van der Waals surface area contributed by atoms with Crippen LogP contribution in [0.1, 0.15) is 6.42 Å². The monoisotopic (exact) mass is 359 g/mol. The van der Waals surface area contributed by atoms with Crippen LogP contribution in [-0.2, 0) is 0 Å². The molecule has 2 aliphatic heterocycles. The first kappa shape index (κ1) is 16.9. The molecule has 0 aliphatic carbocycles. The maximum Gasteiger partial charge on any atom is 0.0542 e. The lowest BCUT2D eigenvalue weighted by atomic mass is 10.2. The van der Waals surface area contributed by atoms with Gasteiger partial charge in [-0.1, -0.05) is 23.2 Å². The molecular formula is C16H23Cl2N3S. The van der Waals surface area contributed by atoms with Gasteiger partial charge >= 0.3 is 0 Å². The molecule has 2 heterocycles. The van der Waals surface area contributed by atoms with E-state index in [0.717, 1.165) is 46.4 Å². The fraction of sp³-hybridized carbons (Fsp3) is 0.625. The second kappa shape index (κ2) is 8.22. The molecule has 0 amide bonds. The zero-order valence-corrected chi connectivity index (χ0v) is 15.1. The summed E-state index contributed by atoms with van der Waals surface area (Å²) in [5, 5.41) is 4.99. The highest BCUT2D eigenvalue weighted by molar-refractivity contribution is 7.99. The number of nitrogens with zero attached hydrogens (tertiary/aromatic N) is 2. The molecule has 2 saturated heterocycles. The van der Waals surface area contributed by atoms with E-state index < -0.39 is 0 Å². The molecule has 0 bridgehead atoms. The van der Waals surface area contributed by atoms with Crippen molar-refractivity contribution in [3.05, 3.63) is 28.2 Å². The highest BCUT2D eigenvalue weighted by atomic mass is 35.5. The zero-order chi connectivity index (χ0) is 15.4. The molecule has 1 unspecified atom stereocenters. The van der Waals surface area contributed by atoms with E-state index in [1.807, 2.05) is 18.2 Å². The molecule has 1 aromatic rings. The van der Waals surface area contributed by atoms with E-state index in [0.29, 0.717) is 0 Å². The number of benzene rings is 1. The third-order valence-electron chi connectivity index (χ3n) is 4.47. The summed E-state index contributed by atoms with van der Waals surface area (Å²) >= 11 is 14.0. The van der Waals surface area contributed by atoms with Gasteiger partial charge in [-0.3, -0.25) is 4.90 Å². The van der Waals surface area contributed by atoms with Gasteiger partial charge in [0.15, 0.2) is 0 Å². The highest BCUT2D eigenvalue weighted by Crippen LogP contribution is 2.30. The Morgan fingerprint density at radius 1 is 1.18 bits per heavy atom. The maximum atomic E-state index is 6.21. The molecule has 6 heteroatoms. The SMILES string of the molecule is Clc1ccc(Cl)c(SCCN2CCC(N3CCNCC3)C2)c1. The lowest BCUT2D eigenvalue weighted by Gasteiger charge is -2.32. The molecule has 2 aliphatic rings. The third-order valence-corrected chi connectivity index (χ3v) is 6.19. The lowest BCUT2D eigenvalue weighted by molar-refractivity contribution is 0.173.